The Bertz CT molecular complexity index is 14.3. The van der Waals surface area contributed by atoms with Crippen LogP contribution in [0.1, 0.15) is 41.5 Å². The van der Waals surface area contributed by atoms with Gasteiger partial charge in [0.05, 0.1) is 0 Å². The number of rotatable bonds is 0. The first kappa shape index (κ1) is 22.4. The van der Waals surface area contributed by atoms with Crippen LogP contribution in [0.15, 0.2) is 0 Å². The molecule has 0 aromatic carbocycles. The van der Waals surface area contributed by atoms with Gasteiger partial charge in [0.1, 0.15) is 0 Å². The van der Waals surface area contributed by atoms with Gasteiger partial charge in [0.15, 0.2) is 0 Å². The predicted molar refractivity (Wildman–Crippen MR) is 54.8 cm³/mol. The van der Waals surface area contributed by atoms with Crippen molar-refractivity contribution in [1.82, 2.24) is 0 Å². The van der Waals surface area contributed by atoms with E-state index in [-0.39, 0.29) is 28.7 Å². The van der Waals surface area contributed by atoms with Crippen LogP contribution in [-0.4, -0.2) is 27.3 Å². The Hall–Kier alpha value is 0.922. The molecule has 0 rings (SSSR count). The molecule has 0 atom stereocenters. The molecule has 0 amide bonds. The third kappa shape index (κ3) is 659. The standard InChI is InChI=1S/3C3H7.Pb.H2/c3*1-3-2;;/h3*1,3H2,2H3;;1H. The molecule has 0 spiro atoms. The molecule has 0 aliphatic rings. The van der Waals surface area contributed by atoms with Gasteiger partial charge in [-0.05, 0) is 0 Å². The van der Waals surface area contributed by atoms with E-state index >= 15 is 0 Å². The summed E-state index contributed by atoms with van der Waals surface area (Å²) in [5, 5.41) is 0. The predicted octanol–water partition coefficient (Wildman–Crippen LogP) is 3.56. The molecule has 0 saturated heterocycles. The normalized spacial score (nSPS) is 5.40. The summed E-state index contributed by atoms with van der Waals surface area (Å²) in [5.41, 5.74) is 0. The number of hydrogen-bond acceptors (Lipinski definition) is 0. The van der Waals surface area contributed by atoms with Gasteiger partial charge in [-0.1, -0.05) is 60.8 Å². The summed E-state index contributed by atoms with van der Waals surface area (Å²) in [7, 11) is 0. The fourth-order valence-corrected chi connectivity index (χ4v) is 0. The summed E-state index contributed by atoms with van der Waals surface area (Å²) in [6, 6.07) is 0. The van der Waals surface area contributed by atoms with Gasteiger partial charge in [0, 0.05) is 28.7 Å². The average molecular weight is 338 g/mol. The maximum Gasteiger partial charge on any atom is 0 e. The quantitative estimate of drug-likeness (QED) is 0.593. The van der Waals surface area contributed by atoms with Gasteiger partial charge in [0.2, 0.25) is 0 Å². The maximum atomic E-state index is 3.49. The second-order valence-corrected chi connectivity index (χ2v) is 1.50. The van der Waals surface area contributed by atoms with Gasteiger partial charge in [-0.2, -0.15) is 0 Å². The Morgan fingerprint density at radius 3 is 0.800 bits per heavy atom. The number of hydrogen-bond donors (Lipinski definition) is 0. The summed E-state index contributed by atoms with van der Waals surface area (Å²) in [6.07, 6.45) is 3.00. The van der Waals surface area contributed by atoms with Crippen LogP contribution >= 0.6 is 0 Å². The van der Waals surface area contributed by atoms with Crippen LogP contribution in [0.25, 0.3) is 0 Å². The van der Waals surface area contributed by atoms with E-state index in [0.717, 1.165) is 19.3 Å². The Morgan fingerprint density at radius 1 is 0.800 bits per heavy atom. The summed E-state index contributed by atoms with van der Waals surface area (Å²) in [6.45, 7) is 16.5. The van der Waals surface area contributed by atoms with Crippen molar-refractivity contribution in [2.75, 3.05) is 0 Å². The Morgan fingerprint density at radius 2 is 0.800 bits per heavy atom. The molecule has 10 heavy (non-hydrogen) atoms. The molecule has 1 heteroatoms. The Balaban J connectivity index is -0.0000000150. The first-order valence-corrected chi connectivity index (χ1v) is 3.62. The fraction of sp³-hybridized carbons (Fsp3) is 0.667. The molecule has 0 heterocycles. The molecule has 0 N–H and O–H groups in total. The van der Waals surface area contributed by atoms with Crippen molar-refractivity contribution in [3.63, 3.8) is 0 Å². The van der Waals surface area contributed by atoms with E-state index in [2.05, 4.69) is 20.8 Å². The minimum Gasteiger partial charge on any atom is -0.0654 e. The first-order chi connectivity index (χ1) is 4.24. The Kier molecular flexibility index (Phi) is 115. The molecule has 0 aromatic rings. The van der Waals surface area contributed by atoms with E-state index in [1.54, 1.807) is 0 Å². The summed E-state index contributed by atoms with van der Waals surface area (Å²) in [4.78, 5) is 0. The summed E-state index contributed by atoms with van der Waals surface area (Å²) in [5.74, 6) is 0. The van der Waals surface area contributed by atoms with Gasteiger partial charge in [-0.15, -0.1) is 0 Å². The van der Waals surface area contributed by atoms with Crippen LogP contribution in [0.4, 0.5) is 0 Å². The van der Waals surface area contributed by atoms with Crippen molar-refractivity contribution in [3.8, 4) is 0 Å². The van der Waals surface area contributed by atoms with E-state index in [1.807, 2.05) is 20.8 Å². The minimum absolute atomic E-state index is 0. The van der Waals surface area contributed by atoms with Crippen LogP contribution < -0.4 is 0 Å². The van der Waals surface area contributed by atoms with Crippen LogP contribution in [0.5, 0.6) is 0 Å². The molecular formula is C9H23Pb. The third-order valence-corrected chi connectivity index (χ3v) is 0. The second kappa shape index (κ2) is 51.3. The summed E-state index contributed by atoms with van der Waals surface area (Å²) >= 11 is 0. The van der Waals surface area contributed by atoms with E-state index in [0.29, 0.717) is 0 Å². The zero-order valence-electron chi connectivity index (χ0n) is 7.74. The molecule has 0 saturated carbocycles. The second-order valence-electron chi connectivity index (χ2n) is 1.50. The largest absolute Gasteiger partial charge is 0.0654 e. The van der Waals surface area contributed by atoms with E-state index < -0.39 is 0 Å². The van der Waals surface area contributed by atoms with Crippen LogP contribution in [0, 0.1) is 20.8 Å². The minimum atomic E-state index is 0. The molecule has 0 aliphatic carbocycles. The van der Waals surface area contributed by atoms with Gasteiger partial charge < -0.3 is 0 Å². The topological polar surface area (TPSA) is 0 Å². The van der Waals surface area contributed by atoms with Crippen molar-refractivity contribution in [1.29, 1.82) is 0 Å². The maximum absolute atomic E-state index is 3.49. The third-order valence-electron chi connectivity index (χ3n) is 0. The van der Waals surface area contributed by atoms with Gasteiger partial charge in [-0.25, -0.2) is 0 Å². The molecule has 0 aromatic heterocycles. The van der Waals surface area contributed by atoms with Crippen molar-refractivity contribution in [2.24, 2.45) is 0 Å². The molecule has 0 unspecified atom stereocenters. The van der Waals surface area contributed by atoms with E-state index in [9.17, 15) is 0 Å². The average Bonchev–Trinajstić information content (AvgIpc) is 1.70. The molecule has 0 fully saturated rings. The Labute approximate surface area is 89.4 Å². The zero-order chi connectivity index (χ0) is 8.12. The van der Waals surface area contributed by atoms with Crippen molar-refractivity contribution >= 4 is 27.3 Å². The van der Waals surface area contributed by atoms with Crippen molar-refractivity contribution in [3.05, 3.63) is 20.8 Å². The molecule has 0 bridgehead atoms. The summed E-state index contributed by atoms with van der Waals surface area (Å²) < 4.78 is 0. The van der Waals surface area contributed by atoms with Gasteiger partial charge in [-0.3, -0.25) is 0 Å². The van der Waals surface area contributed by atoms with Crippen LogP contribution in [-0.2, 0) is 0 Å². The van der Waals surface area contributed by atoms with Gasteiger partial charge in [0.25, 0.3) is 0 Å². The molecule has 63 valence electrons. The van der Waals surface area contributed by atoms with E-state index in [1.165, 1.54) is 0 Å². The molecular weight excluding hydrogens is 315 g/mol. The van der Waals surface area contributed by atoms with Crippen LogP contribution in [0.2, 0.25) is 0 Å². The van der Waals surface area contributed by atoms with Crippen molar-refractivity contribution in [2.45, 2.75) is 40.0 Å². The first-order valence-electron chi connectivity index (χ1n) is 3.62. The zero-order valence-corrected chi connectivity index (χ0v) is 11.6. The monoisotopic (exact) mass is 339 g/mol. The molecule has 0 nitrogen and oxygen atoms in total. The smallest absolute Gasteiger partial charge is 0 e. The van der Waals surface area contributed by atoms with Gasteiger partial charge >= 0.3 is 0 Å². The molecule has 0 aliphatic heterocycles. The van der Waals surface area contributed by atoms with Crippen LogP contribution in [0.3, 0.4) is 0 Å². The van der Waals surface area contributed by atoms with E-state index in [4.69, 9.17) is 0 Å². The molecule has 7 radical (unpaired) electrons. The SMILES string of the molecule is [CH2]CC.[CH2]CC.[CH2]CC.[HH].[Pb]. The fourth-order valence-electron chi connectivity index (χ4n) is 0. The van der Waals surface area contributed by atoms with Crippen molar-refractivity contribution < 1.29 is 1.43 Å².